The lowest BCUT2D eigenvalue weighted by Crippen LogP contribution is -2.12. The zero-order valence-electron chi connectivity index (χ0n) is 13.0. The zero-order chi connectivity index (χ0) is 15.2. The molecule has 0 aliphatic rings. The number of ether oxygens (including phenoxy) is 1. The van der Waals surface area contributed by atoms with Gasteiger partial charge in [-0.25, -0.2) is 4.98 Å². The summed E-state index contributed by atoms with van der Waals surface area (Å²) in [6.45, 7) is 6.46. The van der Waals surface area contributed by atoms with Gasteiger partial charge in [-0.15, -0.1) is 11.3 Å². The number of aryl methyl sites for hydroxylation is 1. The standard InChI is InChI=1S/C16H23ClN2OS/c1-4-6-7-8-9-11(3)20-14-13-10-12(5-2)21-15(13)19-16(17)18-14/h10-11H,4-9H2,1-3H3. The SMILES string of the molecule is CCCCCCC(C)Oc1nc(Cl)nc2sc(CC)cc12. The molecule has 2 rings (SSSR count). The monoisotopic (exact) mass is 326 g/mol. The summed E-state index contributed by atoms with van der Waals surface area (Å²) in [4.78, 5) is 10.8. The van der Waals surface area contributed by atoms with E-state index in [0.717, 1.165) is 23.1 Å². The van der Waals surface area contributed by atoms with Gasteiger partial charge in [-0.2, -0.15) is 4.98 Å². The van der Waals surface area contributed by atoms with Crippen molar-refractivity contribution in [3.63, 3.8) is 0 Å². The van der Waals surface area contributed by atoms with Gasteiger partial charge in [0.05, 0.1) is 11.5 Å². The number of unbranched alkanes of at least 4 members (excludes halogenated alkanes) is 3. The van der Waals surface area contributed by atoms with E-state index in [9.17, 15) is 0 Å². The van der Waals surface area contributed by atoms with Crippen molar-refractivity contribution in [1.29, 1.82) is 0 Å². The lowest BCUT2D eigenvalue weighted by atomic mass is 10.1. The van der Waals surface area contributed by atoms with Crippen LogP contribution < -0.4 is 4.74 Å². The maximum Gasteiger partial charge on any atom is 0.227 e. The molecule has 2 aromatic heterocycles. The van der Waals surface area contributed by atoms with E-state index in [-0.39, 0.29) is 11.4 Å². The van der Waals surface area contributed by atoms with E-state index in [1.165, 1.54) is 30.6 Å². The van der Waals surface area contributed by atoms with Crippen LogP contribution in [0.25, 0.3) is 10.2 Å². The van der Waals surface area contributed by atoms with Gasteiger partial charge >= 0.3 is 0 Å². The van der Waals surface area contributed by atoms with E-state index < -0.39 is 0 Å². The average Bonchev–Trinajstić information content (AvgIpc) is 2.86. The van der Waals surface area contributed by atoms with Crippen molar-refractivity contribution >= 4 is 33.2 Å². The summed E-state index contributed by atoms with van der Waals surface area (Å²) >= 11 is 7.67. The van der Waals surface area contributed by atoms with E-state index in [1.54, 1.807) is 11.3 Å². The molecular weight excluding hydrogens is 304 g/mol. The highest BCUT2D eigenvalue weighted by molar-refractivity contribution is 7.18. The van der Waals surface area contributed by atoms with Gasteiger partial charge in [-0.3, -0.25) is 0 Å². The number of thiophene rings is 1. The van der Waals surface area contributed by atoms with Crippen LogP contribution in [0.15, 0.2) is 6.07 Å². The zero-order valence-corrected chi connectivity index (χ0v) is 14.6. The molecule has 0 bridgehead atoms. The number of aromatic nitrogens is 2. The van der Waals surface area contributed by atoms with E-state index in [0.29, 0.717) is 5.88 Å². The maximum absolute atomic E-state index is 6.02. The molecule has 1 atom stereocenters. The molecule has 0 spiro atoms. The van der Waals surface area contributed by atoms with Crippen LogP contribution in [0.3, 0.4) is 0 Å². The Morgan fingerprint density at radius 2 is 2.05 bits per heavy atom. The number of hydrogen-bond acceptors (Lipinski definition) is 4. The predicted octanol–water partition coefficient (Wildman–Crippen LogP) is 5.64. The molecule has 1 unspecified atom stereocenters. The van der Waals surface area contributed by atoms with Gasteiger partial charge in [-0.05, 0) is 43.9 Å². The highest BCUT2D eigenvalue weighted by Gasteiger charge is 2.14. The molecule has 0 amide bonds. The van der Waals surface area contributed by atoms with Crippen molar-refractivity contribution in [3.05, 3.63) is 16.2 Å². The van der Waals surface area contributed by atoms with Crippen molar-refractivity contribution in [2.24, 2.45) is 0 Å². The smallest absolute Gasteiger partial charge is 0.227 e. The fraction of sp³-hybridized carbons (Fsp3) is 0.625. The van der Waals surface area contributed by atoms with E-state index in [4.69, 9.17) is 16.3 Å². The minimum Gasteiger partial charge on any atom is -0.474 e. The van der Waals surface area contributed by atoms with Crippen LogP contribution in [0.4, 0.5) is 0 Å². The lowest BCUT2D eigenvalue weighted by molar-refractivity contribution is 0.201. The fourth-order valence-corrected chi connectivity index (χ4v) is 3.46. The summed E-state index contributed by atoms with van der Waals surface area (Å²) in [5, 5.41) is 1.25. The van der Waals surface area contributed by atoms with Gasteiger partial charge in [0.1, 0.15) is 4.83 Å². The van der Waals surface area contributed by atoms with Crippen LogP contribution in [0, 0.1) is 0 Å². The highest BCUT2D eigenvalue weighted by atomic mass is 35.5. The van der Waals surface area contributed by atoms with Gasteiger partial charge < -0.3 is 4.74 Å². The fourth-order valence-electron chi connectivity index (χ4n) is 2.29. The van der Waals surface area contributed by atoms with E-state index in [1.807, 2.05) is 0 Å². The van der Waals surface area contributed by atoms with Crippen molar-refractivity contribution in [2.75, 3.05) is 0 Å². The number of rotatable bonds is 8. The molecule has 21 heavy (non-hydrogen) atoms. The second kappa shape index (κ2) is 7.95. The van der Waals surface area contributed by atoms with Gasteiger partial charge in [0.15, 0.2) is 0 Å². The molecule has 0 aromatic carbocycles. The Hall–Kier alpha value is -0.870. The Morgan fingerprint density at radius 1 is 1.24 bits per heavy atom. The quantitative estimate of drug-likeness (QED) is 0.464. The van der Waals surface area contributed by atoms with Gasteiger partial charge in [0, 0.05) is 4.88 Å². The molecule has 0 aliphatic carbocycles. The summed E-state index contributed by atoms with van der Waals surface area (Å²) in [7, 11) is 0. The number of fused-ring (bicyclic) bond motifs is 1. The Bertz CT molecular complexity index is 585. The first kappa shape index (κ1) is 16.5. The van der Waals surface area contributed by atoms with Crippen LogP contribution in [0.1, 0.15) is 57.8 Å². The van der Waals surface area contributed by atoms with Crippen molar-refractivity contribution in [3.8, 4) is 5.88 Å². The van der Waals surface area contributed by atoms with Crippen molar-refractivity contribution in [2.45, 2.75) is 65.4 Å². The molecule has 0 fully saturated rings. The number of halogens is 1. The first-order valence-corrected chi connectivity index (χ1v) is 8.96. The van der Waals surface area contributed by atoms with Gasteiger partial charge in [0.2, 0.25) is 11.2 Å². The van der Waals surface area contributed by atoms with Crippen LogP contribution in [0.5, 0.6) is 5.88 Å². The molecule has 116 valence electrons. The minimum atomic E-state index is 0.154. The van der Waals surface area contributed by atoms with Crippen LogP contribution in [0.2, 0.25) is 5.28 Å². The molecular formula is C16H23ClN2OS. The summed E-state index contributed by atoms with van der Waals surface area (Å²) in [5.74, 6) is 0.629. The number of nitrogens with zero attached hydrogens (tertiary/aromatic N) is 2. The third-order valence-electron chi connectivity index (χ3n) is 3.51. The third-order valence-corrected chi connectivity index (χ3v) is 4.85. The van der Waals surface area contributed by atoms with E-state index >= 15 is 0 Å². The Labute approximate surface area is 135 Å². The molecule has 2 heterocycles. The molecule has 0 saturated heterocycles. The van der Waals surface area contributed by atoms with Crippen LogP contribution >= 0.6 is 22.9 Å². The maximum atomic E-state index is 6.02. The van der Waals surface area contributed by atoms with Crippen LogP contribution in [-0.2, 0) is 6.42 Å². The largest absolute Gasteiger partial charge is 0.474 e. The highest BCUT2D eigenvalue weighted by Crippen LogP contribution is 2.32. The van der Waals surface area contributed by atoms with Crippen molar-refractivity contribution in [1.82, 2.24) is 9.97 Å². The number of hydrogen-bond donors (Lipinski definition) is 0. The topological polar surface area (TPSA) is 35.0 Å². The summed E-state index contributed by atoms with van der Waals surface area (Å²) in [6, 6.07) is 2.12. The van der Waals surface area contributed by atoms with E-state index in [2.05, 4.69) is 36.8 Å². The molecule has 0 aliphatic heterocycles. The Balaban J connectivity index is 2.08. The second-order valence-corrected chi connectivity index (χ2v) is 6.81. The molecule has 0 N–H and O–H groups in total. The summed E-state index contributed by atoms with van der Waals surface area (Å²) < 4.78 is 6.02. The molecule has 2 aromatic rings. The molecule has 0 radical (unpaired) electrons. The molecule has 3 nitrogen and oxygen atoms in total. The minimum absolute atomic E-state index is 0.154. The first-order valence-electron chi connectivity index (χ1n) is 7.76. The average molecular weight is 327 g/mol. The molecule has 0 saturated carbocycles. The summed E-state index contributed by atoms with van der Waals surface area (Å²) in [5.41, 5.74) is 0. The van der Waals surface area contributed by atoms with Gasteiger partial charge in [0.25, 0.3) is 0 Å². The second-order valence-electron chi connectivity index (χ2n) is 5.36. The normalized spacial score (nSPS) is 12.8. The summed E-state index contributed by atoms with van der Waals surface area (Å²) in [6.07, 6.45) is 7.20. The Morgan fingerprint density at radius 3 is 2.76 bits per heavy atom. The first-order chi connectivity index (χ1) is 10.1. The third kappa shape index (κ3) is 4.55. The van der Waals surface area contributed by atoms with Crippen LogP contribution in [-0.4, -0.2) is 16.1 Å². The predicted molar refractivity (Wildman–Crippen MR) is 90.7 cm³/mol. The lowest BCUT2D eigenvalue weighted by Gasteiger charge is -2.14. The van der Waals surface area contributed by atoms with Gasteiger partial charge in [-0.1, -0.05) is 33.1 Å². The van der Waals surface area contributed by atoms with Crippen molar-refractivity contribution < 1.29 is 4.74 Å². The molecule has 5 heteroatoms. The Kier molecular flexibility index (Phi) is 6.24.